The molecule has 0 aliphatic rings. The first kappa shape index (κ1) is 18.3. The van der Waals surface area contributed by atoms with Crippen molar-refractivity contribution in [2.45, 2.75) is 0 Å². The van der Waals surface area contributed by atoms with Gasteiger partial charge in [-0.15, -0.1) is 0 Å². The smallest absolute Gasteiger partial charge is 0.492 e. The summed E-state index contributed by atoms with van der Waals surface area (Å²) in [4.78, 5) is 9.08. The standard InChI is InChI=1S/C22H17BN4O3/c1-30-22-14(3-2-4-18(22)23(28)29)21-15(13-7-9-24-10-8-13)11-16-17-12-25-27-20(17)6-5-19(16)26-21/h2-12,28-29H,1H3,(H,25,27). The molecule has 30 heavy (non-hydrogen) atoms. The minimum absolute atomic E-state index is 0.280. The van der Waals surface area contributed by atoms with Gasteiger partial charge in [-0.25, -0.2) is 4.98 Å². The molecule has 3 aromatic heterocycles. The van der Waals surface area contributed by atoms with Crippen molar-refractivity contribution in [2.24, 2.45) is 0 Å². The number of H-pyrrole nitrogens is 1. The number of benzene rings is 2. The number of rotatable bonds is 4. The van der Waals surface area contributed by atoms with Crippen LogP contribution in [0.5, 0.6) is 5.75 Å². The summed E-state index contributed by atoms with van der Waals surface area (Å²) in [5.41, 5.74) is 5.17. The highest BCUT2D eigenvalue weighted by molar-refractivity contribution is 6.60. The predicted octanol–water partition coefficient (Wildman–Crippen LogP) is 2.53. The lowest BCUT2D eigenvalue weighted by molar-refractivity contribution is 0.404. The van der Waals surface area contributed by atoms with Crippen LogP contribution < -0.4 is 10.2 Å². The fraction of sp³-hybridized carbons (Fsp3) is 0.0455. The molecule has 0 aliphatic carbocycles. The van der Waals surface area contributed by atoms with Crippen molar-refractivity contribution in [3.63, 3.8) is 0 Å². The van der Waals surface area contributed by atoms with Crippen LogP contribution in [0.15, 0.2) is 67.1 Å². The van der Waals surface area contributed by atoms with Crippen molar-refractivity contribution in [1.29, 1.82) is 0 Å². The second kappa shape index (κ2) is 7.25. The van der Waals surface area contributed by atoms with E-state index in [0.717, 1.165) is 32.9 Å². The summed E-state index contributed by atoms with van der Waals surface area (Å²) in [6, 6.07) is 15.0. The van der Waals surface area contributed by atoms with E-state index in [0.29, 0.717) is 17.0 Å². The Morgan fingerprint density at radius 1 is 0.967 bits per heavy atom. The fourth-order valence-electron chi connectivity index (χ4n) is 3.80. The van der Waals surface area contributed by atoms with E-state index in [-0.39, 0.29) is 5.46 Å². The molecule has 0 unspecified atom stereocenters. The number of ether oxygens (including phenoxy) is 1. The predicted molar refractivity (Wildman–Crippen MR) is 116 cm³/mol. The first-order chi connectivity index (χ1) is 14.7. The first-order valence-electron chi connectivity index (χ1n) is 9.38. The largest absolute Gasteiger partial charge is 0.496 e. The molecule has 3 N–H and O–H groups in total. The zero-order chi connectivity index (χ0) is 20.7. The van der Waals surface area contributed by atoms with E-state index in [9.17, 15) is 10.0 Å². The third-order valence-corrected chi connectivity index (χ3v) is 5.19. The van der Waals surface area contributed by atoms with Crippen LogP contribution in [-0.2, 0) is 0 Å². The van der Waals surface area contributed by atoms with E-state index in [1.54, 1.807) is 30.7 Å². The van der Waals surface area contributed by atoms with Gasteiger partial charge in [0.1, 0.15) is 5.75 Å². The SMILES string of the molecule is COc1c(B(O)O)cccc1-c1nc2ccc3[nH]ncc3c2cc1-c1ccncc1. The van der Waals surface area contributed by atoms with Crippen LogP contribution in [0.1, 0.15) is 0 Å². The number of nitrogens with zero attached hydrogens (tertiary/aromatic N) is 3. The van der Waals surface area contributed by atoms with Gasteiger partial charge in [0.2, 0.25) is 0 Å². The van der Waals surface area contributed by atoms with Crippen molar-refractivity contribution in [2.75, 3.05) is 7.11 Å². The maximum Gasteiger partial charge on any atom is 0.492 e. The van der Waals surface area contributed by atoms with Crippen LogP contribution >= 0.6 is 0 Å². The van der Waals surface area contributed by atoms with Crippen LogP contribution in [0.25, 0.3) is 44.2 Å². The molecule has 0 fully saturated rings. The van der Waals surface area contributed by atoms with Gasteiger partial charge in [0, 0.05) is 39.8 Å². The van der Waals surface area contributed by atoms with Crippen LogP contribution in [0.4, 0.5) is 0 Å². The second-order valence-electron chi connectivity index (χ2n) is 6.89. The van der Waals surface area contributed by atoms with Gasteiger partial charge >= 0.3 is 7.12 Å². The Morgan fingerprint density at radius 3 is 2.57 bits per heavy atom. The number of aromatic nitrogens is 4. The average Bonchev–Trinajstić information content (AvgIpc) is 3.27. The molecule has 0 atom stereocenters. The normalized spacial score (nSPS) is 11.2. The molecule has 5 aromatic rings. The summed E-state index contributed by atoms with van der Waals surface area (Å²) in [7, 11) is -0.150. The van der Waals surface area contributed by atoms with Crippen molar-refractivity contribution < 1.29 is 14.8 Å². The molecular weight excluding hydrogens is 379 g/mol. The van der Waals surface area contributed by atoms with Crippen molar-refractivity contribution >= 4 is 34.4 Å². The number of fused-ring (bicyclic) bond motifs is 3. The summed E-state index contributed by atoms with van der Waals surface area (Å²) in [5, 5.41) is 28.7. The minimum Gasteiger partial charge on any atom is -0.496 e. The molecule has 0 saturated carbocycles. The topological polar surface area (TPSA) is 104 Å². The van der Waals surface area contributed by atoms with Crippen LogP contribution in [0.2, 0.25) is 0 Å². The Labute approximate surface area is 172 Å². The Morgan fingerprint density at radius 2 is 1.80 bits per heavy atom. The number of methoxy groups -OCH3 is 1. The maximum absolute atomic E-state index is 9.80. The summed E-state index contributed by atoms with van der Waals surface area (Å²) in [5.74, 6) is 0.374. The minimum atomic E-state index is -1.66. The molecule has 8 heteroatoms. The number of hydrogen-bond acceptors (Lipinski definition) is 6. The molecule has 0 spiro atoms. The van der Waals surface area contributed by atoms with Gasteiger partial charge in [-0.2, -0.15) is 5.10 Å². The van der Waals surface area contributed by atoms with Gasteiger partial charge in [0.25, 0.3) is 0 Å². The van der Waals surface area contributed by atoms with E-state index in [1.165, 1.54) is 7.11 Å². The quantitative estimate of drug-likeness (QED) is 0.404. The Hall–Kier alpha value is -3.75. The number of pyridine rings is 2. The summed E-state index contributed by atoms with van der Waals surface area (Å²) in [6.07, 6.45) is 5.25. The van der Waals surface area contributed by atoms with E-state index in [4.69, 9.17) is 9.72 Å². The molecule has 0 saturated heterocycles. The Kier molecular flexibility index (Phi) is 4.42. The van der Waals surface area contributed by atoms with E-state index >= 15 is 0 Å². The van der Waals surface area contributed by atoms with Crippen molar-refractivity contribution in [3.05, 3.63) is 67.1 Å². The third kappa shape index (κ3) is 2.90. The Balaban J connectivity index is 1.88. The zero-order valence-electron chi connectivity index (χ0n) is 16.1. The molecule has 5 rings (SSSR count). The summed E-state index contributed by atoms with van der Waals surface area (Å²) < 4.78 is 5.57. The van der Waals surface area contributed by atoms with Gasteiger partial charge in [0.05, 0.1) is 30.0 Å². The molecule has 3 heterocycles. The molecule has 2 aromatic carbocycles. The highest BCUT2D eigenvalue weighted by Gasteiger charge is 2.23. The van der Waals surface area contributed by atoms with Gasteiger partial charge in [0.15, 0.2) is 0 Å². The van der Waals surface area contributed by atoms with Gasteiger partial charge in [-0.3, -0.25) is 10.1 Å². The molecule has 146 valence electrons. The number of nitrogens with one attached hydrogen (secondary N) is 1. The van der Waals surface area contributed by atoms with Gasteiger partial charge in [-0.1, -0.05) is 12.1 Å². The van der Waals surface area contributed by atoms with Gasteiger partial charge in [-0.05, 0) is 42.0 Å². The zero-order valence-corrected chi connectivity index (χ0v) is 16.1. The molecule has 0 radical (unpaired) electrons. The highest BCUT2D eigenvalue weighted by Crippen LogP contribution is 2.38. The van der Waals surface area contributed by atoms with Crippen LogP contribution in [0.3, 0.4) is 0 Å². The third-order valence-electron chi connectivity index (χ3n) is 5.19. The highest BCUT2D eigenvalue weighted by atomic mass is 16.5. The Bertz CT molecular complexity index is 1370. The number of para-hydroxylation sites is 1. The fourth-order valence-corrected chi connectivity index (χ4v) is 3.80. The second-order valence-corrected chi connectivity index (χ2v) is 6.89. The molecule has 0 bridgehead atoms. The summed E-state index contributed by atoms with van der Waals surface area (Å²) >= 11 is 0. The van der Waals surface area contributed by atoms with E-state index < -0.39 is 7.12 Å². The van der Waals surface area contributed by atoms with Gasteiger partial charge < -0.3 is 14.8 Å². The molecule has 7 nitrogen and oxygen atoms in total. The number of hydrogen-bond donors (Lipinski definition) is 3. The maximum atomic E-state index is 9.80. The molecule has 0 aliphatic heterocycles. The lowest BCUT2D eigenvalue weighted by Gasteiger charge is -2.17. The van der Waals surface area contributed by atoms with E-state index in [2.05, 4.69) is 21.2 Å². The van der Waals surface area contributed by atoms with Crippen LogP contribution in [-0.4, -0.2) is 44.4 Å². The molecular formula is C22H17BN4O3. The average molecular weight is 396 g/mol. The molecule has 0 amide bonds. The first-order valence-corrected chi connectivity index (χ1v) is 9.38. The lowest BCUT2D eigenvalue weighted by atomic mass is 9.78. The van der Waals surface area contributed by atoms with E-state index in [1.807, 2.05) is 30.3 Å². The monoisotopic (exact) mass is 396 g/mol. The summed E-state index contributed by atoms with van der Waals surface area (Å²) in [6.45, 7) is 0. The van der Waals surface area contributed by atoms with Crippen LogP contribution in [0, 0.1) is 0 Å². The van der Waals surface area contributed by atoms with Crippen molar-refractivity contribution in [3.8, 4) is 28.1 Å². The van der Waals surface area contributed by atoms with Crippen molar-refractivity contribution in [1.82, 2.24) is 20.2 Å². The number of aromatic amines is 1. The lowest BCUT2D eigenvalue weighted by Crippen LogP contribution is -2.31.